The van der Waals surface area contributed by atoms with Gasteiger partial charge in [0.05, 0.1) is 17.7 Å². The fourth-order valence-electron chi connectivity index (χ4n) is 1.91. The van der Waals surface area contributed by atoms with Crippen LogP contribution in [0.25, 0.3) is 0 Å². The SMILES string of the molecule is CCOc1ccccc1CC1CSC(CN)=N1. The van der Waals surface area contributed by atoms with Crippen molar-refractivity contribution in [3.63, 3.8) is 0 Å². The highest BCUT2D eigenvalue weighted by molar-refractivity contribution is 8.14. The van der Waals surface area contributed by atoms with Crippen molar-refractivity contribution >= 4 is 16.8 Å². The van der Waals surface area contributed by atoms with Gasteiger partial charge in [0, 0.05) is 12.3 Å². The summed E-state index contributed by atoms with van der Waals surface area (Å²) in [6.07, 6.45) is 0.937. The van der Waals surface area contributed by atoms with Crippen molar-refractivity contribution < 1.29 is 4.74 Å². The molecule has 0 bridgehead atoms. The normalized spacial score (nSPS) is 19.2. The maximum absolute atomic E-state index is 5.62. The minimum absolute atomic E-state index is 0.347. The third-order valence-corrected chi connectivity index (χ3v) is 3.83. The third kappa shape index (κ3) is 3.23. The second-order valence-corrected chi connectivity index (χ2v) is 5.03. The van der Waals surface area contributed by atoms with Gasteiger partial charge in [-0.2, -0.15) is 0 Å². The van der Waals surface area contributed by atoms with Crippen LogP contribution in [0.3, 0.4) is 0 Å². The Morgan fingerprint density at radius 3 is 3.00 bits per heavy atom. The number of nitrogens with zero attached hydrogens (tertiary/aromatic N) is 1. The molecule has 0 saturated heterocycles. The lowest BCUT2D eigenvalue weighted by Crippen LogP contribution is -2.10. The van der Waals surface area contributed by atoms with Crippen molar-refractivity contribution in [2.45, 2.75) is 19.4 Å². The summed E-state index contributed by atoms with van der Waals surface area (Å²) in [7, 11) is 0. The van der Waals surface area contributed by atoms with Crippen LogP contribution in [0.1, 0.15) is 12.5 Å². The first-order valence-corrected chi connectivity index (χ1v) is 6.92. The molecule has 1 aliphatic heterocycles. The molecule has 0 amide bonds. The van der Waals surface area contributed by atoms with Gasteiger partial charge in [0.15, 0.2) is 0 Å². The van der Waals surface area contributed by atoms with Crippen molar-refractivity contribution in [2.24, 2.45) is 10.7 Å². The molecule has 17 heavy (non-hydrogen) atoms. The maximum Gasteiger partial charge on any atom is 0.122 e. The van der Waals surface area contributed by atoms with Gasteiger partial charge in [-0.15, -0.1) is 11.8 Å². The van der Waals surface area contributed by atoms with E-state index in [-0.39, 0.29) is 0 Å². The van der Waals surface area contributed by atoms with Gasteiger partial charge in [-0.1, -0.05) is 18.2 Å². The zero-order valence-electron chi connectivity index (χ0n) is 10.1. The van der Waals surface area contributed by atoms with Crippen LogP contribution in [0.15, 0.2) is 29.3 Å². The highest BCUT2D eigenvalue weighted by Gasteiger charge is 2.18. The Kier molecular flexibility index (Phi) is 4.45. The van der Waals surface area contributed by atoms with E-state index >= 15 is 0 Å². The molecule has 92 valence electrons. The van der Waals surface area contributed by atoms with E-state index in [1.807, 2.05) is 25.1 Å². The second-order valence-electron chi connectivity index (χ2n) is 3.94. The zero-order valence-corrected chi connectivity index (χ0v) is 10.9. The zero-order chi connectivity index (χ0) is 12.1. The summed E-state index contributed by atoms with van der Waals surface area (Å²) >= 11 is 1.77. The summed E-state index contributed by atoms with van der Waals surface area (Å²) < 4.78 is 5.62. The number of benzene rings is 1. The molecular formula is C13H18N2OS. The van der Waals surface area contributed by atoms with Gasteiger partial charge < -0.3 is 10.5 Å². The van der Waals surface area contributed by atoms with Crippen molar-refractivity contribution in [1.29, 1.82) is 0 Å². The molecule has 3 nitrogen and oxygen atoms in total. The summed E-state index contributed by atoms with van der Waals surface area (Å²) in [5, 5.41) is 1.07. The van der Waals surface area contributed by atoms with E-state index in [0.717, 1.165) is 23.0 Å². The highest BCUT2D eigenvalue weighted by Crippen LogP contribution is 2.25. The molecule has 2 N–H and O–H groups in total. The van der Waals surface area contributed by atoms with E-state index in [9.17, 15) is 0 Å². The first-order valence-electron chi connectivity index (χ1n) is 5.93. The maximum atomic E-state index is 5.62. The lowest BCUT2D eigenvalue weighted by atomic mass is 10.1. The van der Waals surface area contributed by atoms with Gasteiger partial charge in [-0.05, 0) is 25.0 Å². The summed E-state index contributed by atoms with van der Waals surface area (Å²) in [5.74, 6) is 2.02. The molecule has 0 fully saturated rings. The van der Waals surface area contributed by atoms with Gasteiger partial charge in [-0.25, -0.2) is 0 Å². The number of thioether (sulfide) groups is 1. The molecule has 4 heteroatoms. The molecule has 0 aromatic heterocycles. The molecule has 1 atom stereocenters. The minimum Gasteiger partial charge on any atom is -0.494 e. The number of nitrogens with two attached hydrogens (primary N) is 1. The number of hydrogen-bond acceptors (Lipinski definition) is 4. The Bertz CT molecular complexity index is 406. The van der Waals surface area contributed by atoms with Gasteiger partial charge in [-0.3, -0.25) is 4.99 Å². The standard InChI is InChI=1S/C13H18N2OS/c1-2-16-12-6-4-3-5-10(12)7-11-9-17-13(8-14)15-11/h3-6,11H,2,7-9,14H2,1H3. The van der Waals surface area contributed by atoms with Crippen LogP contribution >= 0.6 is 11.8 Å². The summed E-state index contributed by atoms with van der Waals surface area (Å²) in [6, 6.07) is 8.54. The van der Waals surface area contributed by atoms with Crippen LogP contribution in [0.4, 0.5) is 0 Å². The van der Waals surface area contributed by atoms with Gasteiger partial charge >= 0.3 is 0 Å². The van der Waals surface area contributed by atoms with Gasteiger partial charge in [0.25, 0.3) is 0 Å². The Morgan fingerprint density at radius 1 is 1.47 bits per heavy atom. The molecule has 0 aliphatic carbocycles. The Labute approximate surface area is 106 Å². The van der Waals surface area contributed by atoms with Crippen molar-refractivity contribution in [2.75, 3.05) is 18.9 Å². The van der Waals surface area contributed by atoms with Crippen LogP contribution in [-0.4, -0.2) is 30.0 Å². The van der Waals surface area contributed by atoms with Crippen LogP contribution in [0.2, 0.25) is 0 Å². The highest BCUT2D eigenvalue weighted by atomic mass is 32.2. The molecule has 0 spiro atoms. The first kappa shape index (κ1) is 12.5. The number of aliphatic imine (C=N–C) groups is 1. The van der Waals surface area contributed by atoms with Crippen LogP contribution in [0.5, 0.6) is 5.75 Å². The number of hydrogen-bond donors (Lipinski definition) is 1. The number of ether oxygens (including phenoxy) is 1. The molecule has 1 aromatic rings. The number of para-hydroxylation sites is 1. The Morgan fingerprint density at radius 2 is 2.29 bits per heavy atom. The smallest absolute Gasteiger partial charge is 0.122 e. The van der Waals surface area contributed by atoms with E-state index in [1.165, 1.54) is 5.56 Å². The predicted molar refractivity (Wildman–Crippen MR) is 74.1 cm³/mol. The molecule has 0 saturated carbocycles. The van der Waals surface area contributed by atoms with Crippen molar-refractivity contribution in [3.8, 4) is 5.75 Å². The first-order chi connectivity index (χ1) is 8.33. The molecule has 0 radical (unpaired) electrons. The van der Waals surface area contributed by atoms with Gasteiger partial charge in [0.1, 0.15) is 5.75 Å². The summed E-state index contributed by atoms with van der Waals surface area (Å²) in [5.41, 5.74) is 6.83. The lowest BCUT2D eigenvalue weighted by molar-refractivity contribution is 0.336. The summed E-state index contributed by atoms with van der Waals surface area (Å²) in [6.45, 7) is 3.27. The van der Waals surface area contributed by atoms with Crippen LogP contribution < -0.4 is 10.5 Å². The largest absolute Gasteiger partial charge is 0.494 e. The van der Waals surface area contributed by atoms with E-state index in [2.05, 4.69) is 11.1 Å². The molecule has 1 heterocycles. The topological polar surface area (TPSA) is 47.6 Å². The average Bonchev–Trinajstić information content (AvgIpc) is 2.80. The van der Waals surface area contributed by atoms with Crippen molar-refractivity contribution in [3.05, 3.63) is 29.8 Å². The molecule has 1 unspecified atom stereocenters. The monoisotopic (exact) mass is 250 g/mol. The lowest BCUT2D eigenvalue weighted by Gasteiger charge is -2.11. The fraction of sp³-hybridized carbons (Fsp3) is 0.462. The van der Waals surface area contributed by atoms with Crippen LogP contribution in [0, 0.1) is 0 Å². The van der Waals surface area contributed by atoms with E-state index < -0.39 is 0 Å². The van der Waals surface area contributed by atoms with E-state index in [1.54, 1.807) is 11.8 Å². The number of rotatable bonds is 5. The summed E-state index contributed by atoms with van der Waals surface area (Å²) in [4.78, 5) is 4.60. The van der Waals surface area contributed by atoms with Crippen molar-refractivity contribution in [1.82, 2.24) is 0 Å². The third-order valence-electron chi connectivity index (χ3n) is 2.67. The predicted octanol–water partition coefficient (Wildman–Crippen LogP) is 2.10. The minimum atomic E-state index is 0.347. The Hall–Kier alpha value is -1.00. The van der Waals surface area contributed by atoms with E-state index in [4.69, 9.17) is 10.5 Å². The fourth-order valence-corrected chi connectivity index (χ4v) is 2.83. The molecule has 2 rings (SSSR count). The molecule has 1 aliphatic rings. The van der Waals surface area contributed by atoms with Gasteiger partial charge in [0.2, 0.25) is 0 Å². The Balaban J connectivity index is 2.06. The van der Waals surface area contributed by atoms with E-state index in [0.29, 0.717) is 19.2 Å². The van der Waals surface area contributed by atoms with Crippen LogP contribution in [-0.2, 0) is 6.42 Å². The quantitative estimate of drug-likeness (QED) is 0.870. The molecule has 1 aromatic carbocycles. The molecular weight excluding hydrogens is 232 g/mol. The average molecular weight is 250 g/mol. The second kappa shape index (κ2) is 6.07.